The van der Waals surface area contributed by atoms with Gasteiger partial charge in [-0.15, -0.1) is 0 Å². The molecule has 1 aliphatic heterocycles. The zero-order valence-electron chi connectivity index (χ0n) is 20.1. The van der Waals surface area contributed by atoms with Gasteiger partial charge in [0, 0.05) is 23.5 Å². The molecule has 0 bridgehead atoms. The molecule has 0 saturated carbocycles. The third-order valence-electron chi connectivity index (χ3n) is 5.91. The second-order valence-corrected chi connectivity index (χ2v) is 8.69. The van der Waals surface area contributed by atoms with Crippen LogP contribution < -0.4 is 10.1 Å². The fourth-order valence-corrected chi connectivity index (χ4v) is 4.33. The van der Waals surface area contributed by atoms with Crippen molar-refractivity contribution >= 4 is 17.5 Å². The van der Waals surface area contributed by atoms with Crippen LogP contribution in [0, 0.1) is 17.1 Å². The van der Waals surface area contributed by atoms with Crippen LogP contribution in [0.15, 0.2) is 60.8 Å². The Morgan fingerprint density at radius 2 is 1.77 bits per heavy atom. The molecule has 2 amide bonds. The molecule has 40 heavy (non-hydrogen) atoms. The van der Waals surface area contributed by atoms with Crippen molar-refractivity contribution in [2.24, 2.45) is 0 Å². The Labute approximate surface area is 221 Å². The van der Waals surface area contributed by atoms with E-state index in [0.717, 1.165) is 36.5 Å². The van der Waals surface area contributed by atoms with E-state index in [1.807, 2.05) is 0 Å². The first-order valence-corrected chi connectivity index (χ1v) is 11.4. The minimum Gasteiger partial charge on any atom is -0.468 e. The van der Waals surface area contributed by atoms with Crippen LogP contribution in [0.2, 0.25) is 0 Å². The monoisotopic (exact) mass is 566 g/mol. The maximum Gasteiger partial charge on any atom is 0.422 e. The zero-order chi connectivity index (χ0) is 29.2. The number of ether oxygens (including phenoxy) is 1. The predicted octanol–water partition coefficient (Wildman–Crippen LogP) is 5.52. The molecule has 14 heteroatoms. The molecule has 0 saturated heterocycles. The van der Waals surface area contributed by atoms with Crippen LogP contribution in [0.25, 0.3) is 0 Å². The fraction of sp³-hybridized carbons (Fsp3) is 0.231. The van der Waals surface area contributed by atoms with Crippen LogP contribution in [0.1, 0.15) is 39.0 Å². The third-order valence-corrected chi connectivity index (χ3v) is 5.91. The van der Waals surface area contributed by atoms with Gasteiger partial charge in [-0.3, -0.25) is 9.59 Å². The van der Waals surface area contributed by atoms with Crippen LogP contribution in [0.5, 0.6) is 5.88 Å². The van der Waals surface area contributed by atoms with E-state index in [1.54, 1.807) is 6.07 Å². The molecule has 0 fully saturated rings. The molecule has 208 valence electrons. The molecule has 2 aromatic carbocycles. The number of carbonyl (C=O) groups is 2. The molecule has 3 aromatic rings. The molecule has 0 spiro atoms. The second-order valence-electron chi connectivity index (χ2n) is 8.69. The number of hydrogen-bond acceptors (Lipinski definition) is 5. The maximum atomic E-state index is 13.8. The molecule has 0 radical (unpaired) electrons. The normalized spacial score (nSPS) is 17.1. The van der Waals surface area contributed by atoms with Crippen LogP contribution in [-0.4, -0.2) is 47.2 Å². The van der Waals surface area contributed by atoms with E-state index in [0.29, 0.717) is 4.90 Å². The second kappa shape index (κ2) is 10.8. The molecule has 2 heterocycles. The first-order chi connectivity index (χ1) is 18.8. The number of nitrogens with one attached hydrogen (secondary N) is 1. The number of amides is 2. The fourth-order valence-electron chi connectivity index (χ4n) is 4.33. The van der Waals surface area contributed by atoms with Crippen LogP contribution in [-0.2, 0) is 4.79 Å². The van der Waals surface area contributed by atoms with Gasteiger partial charge in [-0.1, -0.05) is 24.3 Å². The average molecular weight is 566 g/mol. The molecule has 1 aliphatic rings. The summed E-state index contributed by atoms with van der Waals surface area (Å²) >= 11 is 0. The number of nitrogens with zero attached hydrogens (tertiary/aromatic N) is 3. The van der Waals surface area contributed by atoms with Gasteiger partial charge in [-0.05, 0) is 35.4 Å². The van der Waals surface area contributed by atoms with Gasteiger partial charge in [0.15, 0.2) is 6.61 Å². The van der Waals surface area contributed by atoms with Gasteiger partial charge in [-0.25, -0.2) is 9.37 Å². The standard InChI is InChI=1S/C26H17F7N4O3/c27-19-7-6-16(9-15(19)10-34)36-23(38)21-17-3-1-2-4-18(17)24(39)37(12-25(28,29)30)22(21)14-5-8-20(35-11-14)40-13-26(31,32)33/h1-9,11,21-22H,12-13H2,(H,36,38). The summed E-state index contributed by atoms with van der Waals surface area (Å²) in [6.07, 6.45) is -8.63. The molecule has 1 N–H and O–H groups in total. The quantitative estimate of drug-likeness (QED) is 0.397. The highest BCUT2D eigenvalue weighted by molar-refractivity contribution is 6.04. The summed E-state index contributed by atoms with van der Waals surface area (Å²) in [6.45, 7) is -3.42. The first kappa shape index (κ1) is 28.3. The van der Waals surface area contributed by atoms with Crippen molar-refractivity contribution in [1.82, 2.24) is 9.88 Å². The van der Waals surface area contributed by atoms with E-state index in [-0.39, 0.29) is 22.4 Å². The minimum absolute atomic E-state index is 0.0347. The number of nitriles is 1. The Morgan fingerprint density at radius 1 is 1.05 bits per heavy atom. The molecule has 7 nitrogen and oxygen atoms in total. The smallest absolute Gasteiger partial charge is 0.422 e. The van der Waals surface area contributed by atoms with Crippen molar-refractivity contribution in [3.05, 3.63) is 88.9 Å². The van der Waals surface area contributed by atoms with Crippen molar-refractivity contribution in [2.75, 3.05) is 18.5 Å². The number of aromatic nitrogens is 1. The molecule has 0 aliphatic carbocycles. The van der Waals surface area contributed by atoms with Crippen LogP contribution >= 0.6 is 0 Å². The van der Waals surface area contributed by atoms with Crippen molar-refractivity contribution in [1.29, 1.82) is 5.26 Å². The number of hydrogen-bond donors (Lipinski definition) is 1. The van der Waals surface area contributed by atoms with E-state index in [2.05, 4.69) is 15.0 Å². The molecule has 2 atom stereocenters. The summed E-state index contributed by atoms with van der Waals surface area (Å²) in [5.74, 6) is -4.75. The van der Waals surface area contributed by atoms with E-state index < -0.39 is 66.5 Å². The lowest BCUT2D eigenvalue weighted by molar-refractivity contribution is -0.154. The number of pyridine rings is 1. The average Bonchev–Trinajstić information content (AvgIpc) is 2.89. The Kier molecular flexibility index (Phi) is 7.68. The van der Waals surface area contributed by atoms with E-state index in [1.165, 1.54) is 24.3 Å². The highest BCUT2D eigenvalue weighted by Crippen LogP contribution is 2.44. The SMILES string of the molecule is N#Cc1cc(NC(=O)C2c3ccccc3C(=O)N(CC(F)(F)F)C2c2ccc(OCC(F)(F)F)nc2)ccc1F. The largest absolute Gasteiger partial charge is 0.468 e. The lowest BCUT2D eigenvalue weighted by Crippen LogP contribution is -2.49. The minimum atomic E-state index is -4.89. The Balaban J connectivity index is 1.80. The molecule has 2 unspecified atom stereocenters. The lowest BCUT2D eigenvalue weighted by Gasteiger charge is -2.41. The zero-order valence-corrected chi connectivity index (χ0v) is 20.1. The summed E-state index contributed by atoms with van der Waals surface area (Å²) < 4.78 is 96.8. The summed E-state index contributed by atoms with van der Waals surface area (Å²) in [4.78, 5) is 31.0. The van der Waals surface area contributed by atoms with E-state index in [4.69, 9.17) is 5.26 Å². The number of rotatable bonds is 6. The van der Waals surface area contributed by atoms with Gasteiger partial charge in [-0.2, -0.15) is 31.6 Å². The number of alkyl halides is 6. The van der Waals surface area contributed by atoms with E-state index in [9.17, 15) is 40.3 Å². The van der Waals surface area contributed by atoms with Crippen molar-refractivity contribution in [3.63, 3.8) is 0 Å². The number of fused-ring (bicyclic) bond motifs is 1. The van der Waals surface area contributed by atoms with Crippen molar-refractivity contribution < 1.29 is 45.1 Å². The summed E-state index contributed by atoms with van der Waals surface area (Å²) in [6, 6.07) is 10.7. The molecule has 1 aromatic heterocycles. The van der Waals surface area contributed by atoms with Gasteiger partial charge in [0.1, 0.15) is 18.4 Å². The Hall–Kier alpha value is -4.67. The van der Waals surface area contributed by atoms with Gasteiger partial charge < -0.3 is 15.0 Å². The highest BCUT2D eigenvalue weighted by atomic mass is 19.4. The first-order valence-electron chi connectivity index (χ1n) is 11.4. The molecular weight excluding hydrogens is 549 g/mol. The summed E-state index contributed by atoms with van der Waals surface area (Å²) in [5, 5.41) is 11.5. The van der Waals surface area contributed by atoms with Crippen molar-refractivity contribution in [2.45, 2.75) is 24.3 Å². The lowest BCUT2D eigenvalue weighted by atomic mass is 9.79. The molecule has 4 rings (SSSR count). The predicted molar refractivity (Wildman–Crippen MR) is 125 cm³/mol. The summed E-state index contributed by atoms with van der Waals surface area (Å²) in [5.41, 5.74) is -0.617. The topological polar surface area (TPSA) is 95.3 Å². The van der Waals surface area contributed by atoms with Gasteiger partial charge in [0.05, 0.1) is 17.5 Å². The summed E-state index contributed by atoms with van der Waals surface area (Å²) in [7, 11) is 0. The number of carbonyl (C=O) groups excluding carboxylic acids is 2. The van der Waals surface area contributed by atoms with Crippen LogP contribution in [0.4, 0.5) is 36.4 Å². The third kappa shape index (κ3) is 6.31. The van der Waals surface area contributed by atoms with Gasteiger partial charge in [0.25, 0.3) is 5.91 Å². The van der Waals surface area contributed by atoms with E-state index >= 15 is 0 Å². The number of anilines is 1. The van der Waals surface area contributed by atoms with Crippen LogP contribution in [0.3, 0.4) is 0 Å². The Bertz CT molecular complexity index is 1470. The Morgan fingerprint density at radius 3 is 2.40 bits per heavy atom. The van der Waals surface area contributed by atoms with Crippen molar-refractivity contribution in [3.8, 4) is 11.9 Å². The van der Waals surface area contributed by atoms with Gasteiger partial charge in [0.2, 0.25) is 11.8 Å². The molecular formula is C26H17F7N4O3. The van der Waals surface area contributed by atoms with Gasteiger partial charge >= 0.3 is 12.4 Å². The maximum absolute atomic E-state index is 13.8. The number of halogens is 7. The highest BCUT2D eigenvalue weighted by Gasteiger charge is 2.48. The number of benzene rings is 2.